The molecule has 0 bridgehead atoms. The zero-order valence-corrected chi connectivity index (χ0v) is 14.7. The quantitative estimate of drug-likeness (QED) is 0.692. The zero-order chi connectivity index (χ0) is 17.3. The molecule has 0 spiro atoms. The van der Waals surface area contributed by atoms with E-state index in [1.54, 1.807) is 7.11 Å². The van der Waals surface area contributed by atoms with E-state index in [4.69, 9.17) is 18.9 Å². The van der Waals surface area contributed by atoms with Gasteiger partial charge in [0.05, 0.1) is 25.9 Å². The van der Waals surface area contributed by atoms with Crippen molar-refractivity contribution in [2.45, 2.75) is 44.6 Å². The first-order valence-electron chi connectivity index (χ1n) is 8.80. The lowest BCUT2D eigenvalue weighted by molar-refractivity contribution is -0.162. The average molecular weight is 342 g/mol. The van der Waals surface area contributed by atoms with Gasteiger partial charge in [-0.05, 0) is 17.5 Å². The highest BCUT2D eigenvalue weighted by Gasteiger charge is 2.32. The van der Waals surface area contributed by atoms with Gasteiger partial charge in [-0.3, -0.25) is 0 Å². The lowest BCUT2D eigenvalue weighted by Crippen LogP contribution is -2.34. The Labute approximate surface area is 149 Å². The third-order valence-electron chi connectivity index (χ3n) is 4.39. The minimum absolute atomic E-state index is 0.00411. The van der Waals surface area contributed by atoms with Crippen LogP contribution in [-0.2, 0) is 32.2 Å². The maximum atomic E-state index is 6.14. The lowest BCUT2D eigenvalue weighted by atomic mass is 10.1. The summed E-state index contributed by atoms with van der Waals surface area (Å²) < 4.78 is 23.3. The summed E-state index contributed by atoms with van der Waals surface area (Å²) in [5.74, 6) is 0. The van der Waals surface area contributed by atoms with Crippen molar-refractivity contribution in [2.75, 3.05) is 13.7 Å². The fourth-order valence-electron chi connectivity index (χ4n) is 2.99. The summed E-state index contributed by atoms with van der Waals surface area (Å²) >= 11 is 0. The second kappa shape index (κ2) is 9.68. The van der Waals surface area contributed by atoms with Crippen molar-refractivity contribution in [2.24, 2.45) is 0 Å². The van der Waals surface area contributed by atoms with Gasteiger partial charge in [0.25, 0.3) is 0 Å². The van der Waals surface area contributed by atoms with Crippen LogP contribution >= 0.6 is 0 Å². The van der Waals surface area contributed by atoms with Crippen LogP contribution in [0.25, 0.3) is 0 Å². The van der Waals surface area contributed by atoms with Crippen LogP contribution in [0.5, 0.6) is 0 Å². The Bertz CT molecular complexity index is 602. The molecule has 1 aliphatic heterocycles. The van der Waals surface area contributed by atoms with Crippen LogP contribution in [-0.4, -0.2) is 32.2 Å². The molecular weight excluding hydrogens is 316 g/mol. The number of rotatable bonds is 9. The van der Waals surface area contributed by atoms with Crippen molar-refractivity contribution in [1.82, 2.24) is 0 Å². The molecule has 1 heterocycles. The summed E-state index contributed by atoms with van der Waals surface area (Å²) in [7, 11) is 1.68. The van der Waals surface area contributed by atoms with Crippen LogP contribution in [0.15, 0.2) is 60.7 Å². The van der Waals surface area contributed by atoms with Gasteiger partial charge >= 0.3 is 0 Å². The van der Waals surface area contributed by atoms with Crippen LogP contribution in [0.1, 0.15) is 24.0 Å². The lowest BCUT2D eigenvalue weighted by Gasteiger charge is -2.24. The maximum Gasteiger partial charge on any atom is 0.157 e. The molecule has 0 saturated carbocycles. The van der Waals surface area contributed by atoms with Crippen molar-refractivity contribution in [1.29, 1.82) is 0 Å². The number of ether oxygens (including phenoxy) is 4. The molecule has 1 saturated heterocycles. The number of hydrogen-bond acceptors (Lipinski definition) is 4. The molecule has 0 aromatic heterocycles. The Balaban J connectivity index is 1.54. The first kappa shape index (κ1) is 18.1. The minimum atomic E-state index is -0.137. The molecule has 0 aliphatic carbocycles. The minimum Gasteiger partial charge on any atom is -0.374 e. The summed E-state index contributed by atoms with van der Waals surface area (Å²) in [6.07, 6.45) is 1.58. The highest BCUT2D eigenvalue weighted by Crippen LogP contribution is 2.25. The van der Waals surface area contributed by atoms with Gasteiger partial charge in [0.2, 0.25) is 0 Å². The van der Waals surface area contributed by atoms with E-state index in [1.165, 1.54) is 0 Å². The highest BCUT2D eigenvalue weighted by atomic mass is 16.7. The van der Waals surface area contributed by atoms with Gasteiger partial charge in [-0.1, -0.05) is 60.7 Å². The molecule has 2 aromatic carbocycles. The predicted molar refractivity (Wildman–Crippen MR) is 96.0 cm³/mol. The number of methoxy groups -OCH3 is 1. The molecule has 0 N–H and O–H groups in total. The Hall–Kier alpha value is -1.72. The SMILES string of the molecule is COC1CC[C@@H]([C@H](COCc2ccccc2)OCc2ccccc2)O1. The van der Waals surface area contributed by atoms with E-state index in [0.717, 1.165) is 24.0 Å². The summed E-state index contributed by atoms with van der Waals surface area (Å²) in [5.41, 5.74) is 2.31. The molecule has 0 amide bonds. The van der Waals surface area contributed by atoms with Crippen molar-refractivity contribution in [3.05, 3.63) is 71.8 Å². The van der Waals surface area contributed by atoms with Gasteiger partial charge in [-0.15, -0.1) is 0 Å². The molecule has 3 atom stereocenters. The fraction of sp³-hybridized carbons (Fsp3) is 0.429. The molecule has 134 valence electrons. The normalized spacial score (nSPS) is 21.3. The highest BCUT2D eigenvalue weighted by molar-refractivity contribution is 5.14. The van der Waals surface area contributed by atoms with Crippen LogP contribution in [0, 0.1) is 0 Å². The largest absolute Gasteiger partial charge is 0.374 e. The zero-order valence-electron chi connectivity index (χ0n) is 14.7. The van der Waals surface area contributed by atoms with Gasteiger partial charge in [0, 0.05) is 13.5 Å². The molecule has 1 fully saturated rings. The molecule has 1 unspecified atom stereocenters. The van der Waals surface area contributed by atoms with Gasteiger partial charge < -0.3 is 18.9 Å². The van der Waals surface area contributed by atoms with Gasteiger partial charge in [-0.2, -0.15) is 0 Å². The maximum absolute atomic E-state index is 6.14. The van der Waals surface area contributed by atoms with E-state index in [9.17, 15) is 0 Å². The van der Waals surface area contributed by atoms with E-state index in [1.807, 2.05) is 36.4 Å². The third-order valence-corrected chi connectivity index (χ3v) is 4.39. The Morgan fingerprint density at radius 2 is 1.56 bits per heavy atom. The summed E-state index contributed by atoms with van der Waals surface area (Å²) in [5, 5.41) is 0. The molecule has 4 nitrogen and oxygen atoms in total. The van der Waals surface area contributed by atoms with Crippen LogP contribution in [0.4, 0.5) is 0 Å². The number of hydrogen-bond donors (Lipinski definition) is 0. The van der Waals surface area contributed by atoms with Crippen molar-refractivity contribution in [3.8, 4) is 0 Å². The van der Waals surface area contributed by atoms with Crippen LogP contribution in [0.3, 0.4) is 0 Å². The Kier molecular flexibility index (Phi) is 7.00. The van der Waals surface area contributed by atoms with Crippen molar-refractivity contribution >= 4 is 0 Å². The van der Waals surface area contributed by atoms with Crippen molar-refractivity contribution < 1.29 is 18.9 Å². The van der Waals surface area contributed by atoms with E-state index in [-0.39, 0.29) is 18.5 Å². The van der Waals surface area contributed by atoms with E-state index >= 15 is 0 Å². The smallest absolute Gasteiger partial charge is 0.157 e. The number of benzene rings is 2. The van der Waals surface area contributed by atoms with Gasteiger partial charge in [0.15, 0.2) is 6.29 Å². The Morgan fingerprint density at radius 3 is 2.16 bits per heavy atom. The molecule has 3 rings (SSSR count). The van der Waals surface area contributed by atoms with E-state index in [0.29, 0.717) is 19.8 Å². The first-order chi connectivity index (χ1) is 12.3. The van der Waals surface area contributed by atoms with Gasteiger partial charge in [0.1, 0.15) is 6.10 Å². The summed E-state index contributed by atoms with van der Waals surface area (Å²) in [4.78, 5) is 0. The second-order valence-corrected chi connectivity index (χ2v) is 6.25. The predicted octanol–water partition coefficient (Wildman–Crippen LogP) is 3.94. The molecular formula is C21H26O4. The average Bonchev–Trinajstić information content (AvgIpc) is 3.15. The van der Waals surface area contributed by atoms with E-state index in [2.05, 4.69) is 24.3 Å². The molecule has 4 heteroatoms. The first-order valence-corrected chi connectivity index (χ1v) is 8.80. The molecule has 25 heavy (non-hydrogen) atoms. The van der Waals surface area contributed by atoms with E-state index < -0.39 is 0 Å². The standard InChI is InChI=1S/C21H26O4/c1-22-21-13-12-19(25-21)20(24-15-18-10-6-3-7-11-18)16-23-14-17-8-4-2-5-9-17/h2-11,19-21H,12-16H2,1H3/t19-,20-,21?/m0/s1. The fourth-order valence-corrected chi connectivity index (χ4v) is 2.99. The van der Waals surface area contributed by atoms with Crippen LogP contribution in [0.2, 0.25) is 0 Å². The Morgan fingerprint density at radius 1 is 0.920 bits per heavy atom. The van der Waals surface area contributed by atoms with Crippen molar-refractivity contribution in [3.63, 3.8) is 0 Å². The topological polar surface area (TPSA) is 36.9 Å². The molecule has 1 aliphatic rings. The summed E-state index contributed by atoms with van der Waals surface area (Å²) in [6, 6.07) is 20.3. The second-order valence-electron chi connectivity index (χ2n) is 6.25. The molecule has 2 aromatic rings. The van der Waals surface area contributed by atoms with Gasteiger partial charge in [-0.25, -0.2) is 0 Å². The third kappa shape index (κ3) is 5.65. The molecule has 0 radical (unpaired) electrons. The van der Waals surface area contributed by atoms with Crippen LogP contribution < -0.4 is 0 Å². The summed E-state index contributed by atoms with van der Waals surface area (Å²) in [6.45, 7) is 1.63. The monoisotopic (exact) mass is 342 g/mol.